The van der Waals surface area contributed by atoms with E-state index < -0.39 is 0 Å². The van der Waals surface area contributed by atoms with Gasteiger partial charge in [-0.3, -0.25) is 5.41 Å². The van der Waals surface area contributed by atoms with Crippen LogP contribution < -0.4 is 15.4 Å². The smallest absolute Gasteiger partial charge is 0.171 e. The fourth-order valence-corrected chi connectivity index (χ4v) is 1.95. The van der Waals surface area contributed by atoms with Crippen LogP contribution in [0.25, 0.3) is 0 Å². The maximum absolute atomic E-state index is 7.40. The second-order valence-corrected chi connectivity index (χ2v) is 5.61. The highest BCUT2D eigenvalue weighted by Gasteiger charge is 2.16. The molecule has 1 aromatic heterocycles. The van der Waals surface area contributed by atoms with E-state index in [4.69, 9.17) is 15.9 Å². The van der Waals surface area contributed by atoms with Gasteiger partial charge in [0.05, 0.1) is 11.9 Å². The Morgan fingerprint density at radius 3 is 2.65 bits per heavy atom. The maximum Gasteiger partial charge on any atom is 0.171 e. The second-order valence-electron chi connectivity index (χ2n) is 5.61. The lowest BCUT2D eigenvalue weighted by Gasteiger charge is -2.27. The van der Waals surface area contributed by atoms with Gasteiger partial charge in [-0.2, -0.15) is 0 Å². The number of nitrogens with two attached hydrogens (primary N) is 1. The highest BCUT2D eigenvalue weighted by Crippen LogP contribution is 2.27. The first kappa shape index (κ1) is 16.3. The molecule has 5 nitrogen and oxygen atoms in total. The summed E-state index contributed by atoms with van der Waals surface area (Å²) in [5, 5.41) is 7.40. The first-order valence-corrected chi connectivity index (χ1v) is 7.09. The van der Waals surface area contributed by atoms with E-state index in [1.54, 1.807) is 6.20 Å². The van der Waals surface area contributed by atoms with Crippen LogP contribution in [0.1, 0.15) is 34.1 Å². The van der Waals surface area contributed by atoms with Crippen molar-refractivity contribution in [1.29, 1.82) is 5.41 Å². The third-order valence-electron chi connectivity index (χ3n) is 2.65. The van der Waals surface area contributed by atoms with Crippen LogP contribution in [0.3, 0.4) is 0 Å². The molecule has 20 heavy (non-hydrogen) atoms. The first-order chi connectivity index (χ1) is 9.40. The Labute approximate surface area is 121 Å². The van der Waals surface area contributed by atoms with E-state index in [0.717, 1.165) is 18.1 Å². The van der Waals surface area contributed by atoms with Crippen LogP contribution in [0.5, 0.6) is 5.75 Å². The Kier molecular flexibility index (Phi) is 6.28. The second kappa shape index (κ2) is 7.72. The van der Waals surface area contributed by atoms with Gasteiger partial charge in [0.25, 0.3) is 0 Å². The first-order valence-electron chi connectivity index (χ1n) is 7.09. The molecule has 0 radical (unpaired) electrons. The van der Waals surface area contributed by atoms with E-state index >= 15 is 0 Å². The lowest BCUT2D eigenvalue weighted by atomic mass is 10.2. The molecular weight excluding hydrogens is 252 g/mol. The van der Waals surface area contributed by atoms with E-state index in [9.17, 15) is 0 Å². The molecule has 0 spiro atoms. The van der Waals surface area contributed by atoms with Gasteiger partial charge in [-0.1, -0.05) is 13.8 Å². The van der Waals surface area contributed by atoms with Crippen molar-refractivity contribution in [1.82, 2.24) is 4.98 Å². The Morgan fingerprint density at radius 1 is 1.40 bits per heavy atom. The van der Waals surface area contributed by atoms with Crippen LogP contribution in [0.15, 0.2) is 18.3 Å². The van der Waals surface area contributed by atoms with E-state index in [-0.39, 0.29) is 11.9 Å². The van der Waals surface area contributed by atoms with Gasteiger partial charge in [0.15, 0.2) is 11.6 Å². The average Bonchev–Trinajstić information content (AvgIpc) is 2.34. The number of nitrogens with zero attached hydrogens (tertiary/aromatic N) is 2. The molecule has 112 valence electrons. The van der Waals surface area contributed by atoms with Crippen molar-refractivity contribution < 1.29 is 4.74 Å². The summed E-state index contributed by atoms with van der Waals surface area (Å²) in [7, 11) is 0. The molecule has 0 aromatic carbocycles. The summed E-state index contributed by atoms with van der Waals surface area (Å²) in [5.41, 5.74) is 5.47. The van der Waals surface area contributed by atoms with Gasteiger partial charge in [-0.15, -0.1) is 0 Å². The molecule has 0 fully saturated rings. The molecule has 0 aliphatic carbocycles. The number of anilines is 1. The number of aromatic nitrogens is 1. The van der Waals surface area contributed by atoms with Gasteiger partial charge >= 0.3 is 0 Å². The van der Waals surface area contributed by atoms with Crippen molar-refractivity contribution in [2.24, 2.45) is 11.7 Å². The number of pyridine rings is 1. The van der Waals surface area contributed by atoms with Gasteiger partial charge in [0.1, 0.15) is 0 Å². The number of ether oxygens (including phenoxy) is 1. The highest BCUT2D eigenvalue weighted by molar-refractivity contribution is 5.77. The SMILES string of the molecule is CC(C)CN(CCC(=N)N)c1ncccc1OC(C)C. The van der Waals surface area contributed by atoms with Crippen LogP contribution in [-0.4, -0.2) is 30.0 Å². The molecule has 0 aliphatic rings. The largest absolute Gasteiger partial charge is 0.487 e. The molecule has 0 saturated heterocycles. The zero-order chi connectivity index (χ0) is 15.1. The van der Waals surface area contributed by atoms with Crippen LogP contribution in [0.4, 0.5) is 5.82 Å². The minimum absolute atomic E-state index is 0.103. The summed E-state index contributed by atoms with van der Waals surface area (Å²) in [6, 6.07) is 3.81. The summed E-state index contributed by atoms with van der Waals surface area (Å²) < 4.78 is 5.83. The fraction of sp³-hybridized carbons (Fsp3) is 0.600. The summed E-state index contributed by atoms with van der Waals surface area (Å²) in [5.74, 6) is 2.31. The molecule has 1 aromatic rings. The standard InChI is InChI=1S/C15H26N4O/c1-11(2)10-19(9-7-14(16)17)15-13(20-12(3)4)6-5-8-18-15/h5-6,8,11-12H,7,9-10H2,1-4H3,(H3,16,17). The van der Waals surface area contributed by atoms with E-state index in [2.05, 4.69) is 23.7 Å². The van der Waals surface area contributed by atoms with Crippen molar-refractivity contribution in [2.45, 2.75) is 40.2 Å². The minimum Gasteiger partial charge on any atom is -0.487 e. The Morgan fingerprint density at radius 2 is 2.10 bits per heavy atom. The molecule has 3 N–H and O–H groups in total. The zero-order valence-electron chi connectivity index (χ0n) is 12.9. The van der Waals surface area contributed by atoms with Crippen LogP contribution in [0.2, 0.25) is 0 Å². The Balaban J connectivity index is 2.96. The Hall–Kier alpha value is -1.78. The molecular formula is C15H26N4O. The number of hydrogen-bond donors (Lipinski definition) is 2. The van der Waals surface area contributed by atoms with Crippen molar-refractivity contribution in [3.05, 3.63) is 18.3 Å². The third kappa shape index (κ3) is 5.47. The number of nitrogens with one attached hydrogen (secondary N) is 1. The quantitative estimate of drug-likeness (QED) is 0.566. The van der Waals surface area contributed by atoms with Crippen molar-refractivity contribution in [3.63, 3.8) is 0 Å². The summed E-state index contributed by atoms with van der Waals surface area (Å²) in [6.07, 6.45) is 2.40. The van der Waals surface area contributed by atoms with Crippen molar-refractivity contribution in [2.75, 3.05) is 18.0 Å². The normalized spacial score (nSPS) is 10.9. The summed E-state index contributed by atoms with van der Waals surface area (Å²) >= 11 is 0. The number of rotatable bonds is 8. The molecule has 0 atom stereocenters. The molecule has 1 heterocycles. The predicted octanol–water partition coefficient (Wildman–Crippen LogP) is 2.66. The van der Waals surface area contributed by atoms with Crippen LogP contribution in [0, 0.1) is 11.3 Å². The lowest BCUT2D eigenvalue weighted by molar-refractivity contribution is 0.242. The molecule has 1 rings (SSSR count). The van der Waals surface area contributed by atoms with Crippen molar-refractivity contribution >= 4 is 11.7 Å². The number of hydrogen-bond acceptors (Lipinski definition) is 4. The van der Waals surface area contributed by atoms with Gasteiger partial charge in [-0.05, 0) is 31.9 Å². The molecule has 0 saturated carbocycles. The maximum atomic E-state index is 7.40. The topological polar surface area (TPSA) is 75.2 Å². The van der Waals surface area contributed by atoms with Crippen LogP contribution in [-0.2, 0) is 0 Å². The van der Waals surface area contributed by atoms with Gasteiger partial charge in [0, 0.05) is 25.7 Å². The Bertz CT molecular complexity index is 432. The van der Waals surface area contributed by atoms with Gasteiger partial charge < -0.3 is 15.4 Å². The minimum atomic E-state index is 0.103. The van der Waals surface area contributed by atoms with Gasteiger partial charge in [-0.25, -0.2) is 4.98 Å². The summed E-state index contributed by atoms with van der Waals surface area (Å²) in [4.78, 5) is 6.60. The molecule has 0 aliphatic heterocycles. The summed E-state index contributed by atoms with van der Waals surface area (Å²) in [6.45, 7) is 9.86. The highest BCUT2D eigenvalue weighted by atomic mass is 16.5. The van der Waals surface area contributed by atoms with E-state index in [1.165, 1.54) is 0 Å². The lowest BCUT2D eigenvalue weighted by Crippen LogP contribution is -2.32. The molecule has 0 bridgehead atoms. The van der Waals surface area contributed by atoms with Gasteiger partial charge in [0.2, 0.25) is 0 Å². The van der Waals surface area contributed by atoms with Crippen molar-refractivity contribution in [3.8, 4) is 5.75 Å². The molecule has 5 heteroatoms. The van der Waals surface area contributed by atoms with E-state index in [0.29, 0.717) is 18.9 Å². The predicted molar refractivity (Wildman–Crippen MR) is 83.6 cm³/mol. The molecule has 0 unspecified atom stereocenters. The van der Waals surface area contributed by atoms with E-state index in [1.807, 2.05) is 26.0 Å². The zero-order valence-corrected chi connectivity index (χ0v) is 12.9. The van der Waals surface area contributed by atoms with Crippen LogP contribution >= 0.6 is 0 Å². The third-order valence-corrected chi connectivity index (χ3v) is 2.65. The monoisotopic (exact) mass is 278 g/mol. The number of amidine groups is 1. The molecule has 0 amide bonds. The fourth-order valence-electron chi connectivity index (χ4n) is 1.95. The average molecular weight is 278 g/mol.